The summed E-state index contributed by atoms with van der Waals surface area (Å²) in [5.74, 6) is -0.243. The smallest absolute Gasteiger partial charge is 0.329 e. The van der Waals surface area contributed by atoms with E-state index in [1.165, 1.54) is 4.90 Å². The van der Waals surface area contributed by atoms with E-state index in [0.29, 0.717) is 12.2 Å². The molecule has 5 nitrogen and oxygen atoms in total. The predicted molar refractivity (Wildman–Crippen MR) is 73.4 cm³/mol. The van der Waals surface area contributed by atoms with Gasteiger partial charge >= 0.3 is 6.03 Å². The highest BCUT2D eigenvalue weighted by Crippen LogP contribution is 2.19. The zero-order valence-electron chi connectivity index (χ0n) is 11.8. The van der Waals surface area contributed by atoms with E-state index in [-0.39, 0.29) is 11.9 Å². The number of aromatic nitrogens is 1. The summed E-state index contributed by atoms with van der Waals surface area (Å²) >= 11 is 0. The van der Waals surface area contributed by atoms with E-state index in [1.807, 2.05) is 33.9 Å². The van der Waals surface area contributed by atoms with E-state index in [0.717, 1.165) is 23.4 Å². The minimum Gasteiger partial charge on any atom is -0.352 e. The van der Waals surface area contributed by atoms with Gasteiger partial charge in [0.25, 0.3) is 5.91 Å². The number of hydrogen-bond acceptors (Lipinski definition) is 2. The van der Waals surface area contributed by atoms with Gasteiger partial charge in [-0.15, -0.1) is 0 Å². The van der Waals surface area contributed by atoms with E-state index >= 15 is 0 Å². The molecule has 1 aromatic rings. The first-order valence-corrected chi connectivity index (χ1v) is 6.43. The Morgan fingerprint density at radius 2 is 2.00 bits per heavy atom. The number of carbonyl (C=O) groups is 2. The summed E-state index contributed by atoms with van der Waals surface area (Å²) in [4.78, 5) is 25.0. The molecule has 19 heavy (non-hydrogen) atoms. The third kappa shape index (κ3) is 2.28. The van der Waals surface area contributed by atoms with Crippen LogP contribution in [0.15, 0.2) is 11.8 Å². The van der Waals surface area contributed by atoms with Crippen LogP contribution in [-0.4, -0.2) is 28.0 Å². The Kier molecular flexibility index (Phi) is 3.46. The lowest BCUT2D eigenvalue weighted by Crippen LogP contribution is -2.31. The zero-order valence-corrected chi connectivity index (χ0v) is 11.8. The molecule has 2 heterocycles. The average molecular weight is 261 g/mol. The number of urea groups is 1. The number of imide groups is 1. The number of amides is 3. The Labute approximate surface area is 112 Å². The third-order valence-electron chi connectivity index (χ3n) is 3.52. The van der Waals surface area contributed by atoms with Crippen LogP contribution in [0.5, 0.6) is 0 Å². The largest absolute Gasteiger partial charge is 0.352 e. The van der Waals surface area contributed by atoms with Crippen LogP contribution >= 0.6 is 0 Å². The van der Waals surface area contributed by atoms with Crippen LogP contribution in [-0.2, 0) is 11.8 Å². The van der Waals surface area contributed by atoms with Gasteiger partial charge in [-0.3, -0.25) is 9.69 Å². The second-order valence-electron chi connectivity index (χ2n) is 4.83. The lowest BCUT2D eigenvalue weighted by Gasteiger charge is -2.08. The fourth-order valence-electron chi connectivity index (χ4n) is 2.18. The number of rotatable bonds is 3. The highest BCUT2D eigenvalue weighted by Gasteiger charge is 2.32. The van der Waals surface area contributed by atoms with Gasteiger partial charge in [0.05, 0.1) is 0 Å². The molecule has 2 rings (SSSR count). The summed E-state index contributed by atoms with van der Waals surface area (Å²) < 4.78 is 2.05. The maximum absolute atomic E-state index is 12.1. The van der Waals surface area contributed by atoms with Gasteiger partial charge in [0, 0.05) is 25.0 Å². The predicted octanol–water partition coefficient (Wildman–Crippen LogP) is 1.94. The molecule has 5 heteroatoms. The normalized spacial score (nSPS) is 17.5. The van der Waals surface area contributed by atoms with Crippen molar-refractivity contribution in [1.29, 1.82) is 0 Å². The van der Waals surface area contributed by atoms with Crippen molar-refractivity contribution in [3.05, 3.63) is 28.7 Å². The van der Waals surface area contributed by atoms with Crippen LogP contribution in [0.4, 0.5) is 4.79 Å². The fourth-order valence-corrected chi connectivity index (χ4v) is 2.18. The van der Waals surface area contributed by atoms with Gasteiger partial charge in [-0.1, -0.05) is 6.92 Å². The standard InChI is InChI=1S/C14H19N3O2/c1-5-6-17-13(18)12(15-14(17)19)8-11-7-9(2)16(4)10(11)3/h7-8H,5-6H2,1-4H3,(H,15,19)/b12-8+. The number of carbonyl (C=O) groups excluding carboxylic acids is 2. The number of nitrogens with one attached hydrogen (secondary N) is 1. The summed E-state index contributed by atoms with van der Waals surface area (Å²) in [7, 11) is 1.98. The molecule has 0 aromatic carbocycles. The SMILES string of the molecule is CCCN1C(=O)N/C(=C/c2cc(C)n(C)c2C)C1=O. The Hall–Kier alpha value is -2.04. The third-order valence-corrected chi connectivity index (χ3v) is 3.52. The minimum absolute atomic E-state index is 0.243. The van der Waals surface area contributed by atoms with Crippen LogP contribution in [0.1, 0.15) is 30.3 Å². The van der Waals surface area contributed by atoms with Gasteiger partial charge in [0.2, 0.25) is 0 Å². The lowest BCUT2D eigenvalue weighted by atomic mass is 10.2. The summed E-state index contributed by atoms with van der Waals surface area (Å²) in [5, 5.41) is 2.63. The summed E-state index contributed by atoms with van der Waals surface area (Å²) in [6.07, 6.45) is 2.51. The lowest BCUT2D eigenvalue weighted by molar-refractivity contribution is -0.122. The topological polar surface area (TPSA) is 54.3 Å². The van der Waals surface area contributed by atoms with Crippen LogP contribution in [0.25, 0.3) is 6.08 Å². The van der Waals surface area contributed by atoms with Crippen molar-refractivity contribution in [3.63, 3.8) is 0 Å². The van der Waals surface area contributed by atoms with Crippen LogP contribution < -0.4 is 5.32 Å². The van der Waals surface area contributed by atoms with Crippen LogP contribution in [0.3, 0.4) is 0 Å². The molecule has 0 saturated carbocycles. The van der Waals surface area contributed by atoms with Crippen molar-refractivity contribution >= 4 is 18.0 Å². The highest BCUT2D eigenvalue weighted by atomic mass is 16.2. The van der Waals surface area contributed by atoms with Gasteiger partial charge in [-0.25, -0.2) is 4.79 Å². The van der Waals surface area contributed by atoms with Gasteiger partial charge in [0.1, 0.15) is 5.70 Å². The molecular weight excluding hydrogens is 242 g/mol. The molecule has 3 amide bonds. The molecule has 0 atom stereocenters. The summed E-state index contributed by atoms with van der Waals surface area (Å²) in [6.45, 7) is 6.39. The van der Waals surface area contributed by atoms with Crippen molar-refractivity contribution < 1.29 is 9.59 Å². The Bertz CT molecular complexity index is 569. The summed E-state index contributed by atoms with van der Waals surface area (Å²) in [5.41, 5.74) is 3.50. The molecule has 1 fully saturated rings. The number of aryl methyl sites for hydroxylation is 1. The molecule has 0 unspecified atom stereocenters. The molecule has 0 spiro atoms. The first kappa shape index (κ1) is 13.4. The Balaban J connectivity index is 2.32. The van der Waals surface area contributed by atoms with Gasteiger partial charge in [0.15, 0.2) is 0 Å². The van der Waals surface area contributed by atoms with Crippen molar-refractivity contribution in [2.45, 2.75) is 27.2 Å². The van der Waals surface area contributed by atoms with Gasteiger partial charge in [-0.2, -0.15) is 0 Å². The first-order chi connectivity index (χ1) is 8.95. The minimum atomic E-state index is -0.330. The molecule has 1 aliphatic rings. The van der Waals surface area contributed by atoms with Crippen molar-refractivity contribution in [1.82, 2.24) is 14.8 Å². The maximum Gasteiger partial charge on any atom is 0.329 e. The van der Waals surface area contributed by atoms with E-state index < -0.39 is 0 Å². The van der Waals surface area contributed by atoms with Crippen LogP contribution in [0, 0.1) is 13.8 Å². The quantitative estimate of drug-likeness (QED) is 0.668. The second-order valence-corrected chi connectivity index (χ2v) is 4.83. The molecule has 0 bridgehead atoms. The molecule has 1 saturated heterocycles. The molecule has 1 aromatic heterocycles. The van der Waals surface area contributed by atoms with E-state index in [1.54, 1.807) is 6.08 Å². The first-order valence-electron chi connectivity index (χ1n) is 6.43. The van der Waals surface area contributed by atoms with Crippen molar-refractivity contribution in [2.75, 3.05) is 6.54 Å². The van der Waals surface area contributed by atoms with Crippen molar-refractivity contribution in [2.24, 2.45) is 7.05 Å². The van der Waals surface area contributed by atoms with Gasteiger partial charge in [-0.05, 0) is 38.0 Å². The molecule has 1 N–H and O–H groups in total. The highest BCUT2D eigenvalue weighted by molar-refractivity contribution is 6.14. The molecule has 1 aliphatic heterocycles. The second kappa shape index (κ2) is 4.91. The van der Waals surface area contributed by atoms with Gasteiger partial charge < -0.3 is 9.88 Å². The van der Waals surface area contributed by atoms with E-state index in [4.69, 9.17) is 0 Å². The van der Waals surface area contributed by atoms with E-state index in [2.05, 4.69) is 9.88 Å². The van der Waals surface area contributed by atoms with Crippen LogP contribution in [0.2, 0.25) is 0 Å². The molecular formula is C14H19N3O2. The van der Waals surface area contributed by atoms with E-state index in [9.17, 15) is 9.59 Å². The monoisotopic (exact) mass is 261 g/mol. The average Bonchev–Trinajstić information content (AvgIpc) is 2.76. The fraction of sp³-hybridized carbons (Fsp3) is 0.429. The number of hydrogen-bond donors (Lipinski definition) is 1. The van der Waals surface area contributed by atoms with Crippen molar-refractivity contribution in [3.8, 4) is 0 Å². The zero-order chi connectivity index (χ0) is 14.2. The Morgan fingerprint density at radius 1 is 1.32 bits per heavy atom. The Morgan fingerprint density at radius 3 is 2.53 bits per heavy atom. The molecule has 0 radical (unpaired) electrons. The maximum atomic E-state index is 12.1. The molecule has 102 valence electrons. The molecule has 0 aliphatic carbocycles. The summed E-state index contributed by atoms with van der Waals surface area (Å²) in [6, 6.07) is 1.67. The number of nitrogens with zero attached hydrogens (tertiary/aromatic N) is 2.